The van der Waals surface area contributed by atoms with Crippen LogP contribution in [-0.2, 0) is 4.74 Å². The molecule has 1 unspecified atom stereocenters. The Labute approximate surface area is 167 Å². The van der Waals surface area contributed by atoms with E-state index in [1.165, 1.54) is 0 Å². The SMILES string of the molecule is CN(C(N)=NCC(NC(=O)OC(C)(C)C)c1ccccc1)C1CC1.I. The van der Waals surface area contributed by atoms with E-state index < -0.39 is 11.7 Å². The molecular formula is C18H29IN4O2. The Kier molecular flexibility index (Phi) is 7.98. The molecule has 1 aliphatic carbocycles. The summed E-state index contributed by atoms with van der Waals surface area (Å²) in [5.74, 6) is 0.504. The van der Waals surface area contributed by atoms with Crippen molar-refractivity contribution in [1.29, 1.82) is 0 Å². The third-order valence-electron chi connectivity index (χ3n) is 3.78. The van der Waals surface area contributed by atoms with Crippen molar-refractivity contribution in [3.63, 3.8) is 0 Å². The number of amides is 1. The zero-order valence-electron chi connectivity index (χ0n) is 15.4. The second-order valence-electron chi connectivity index (χ2n) is 7.15. The molecule has 3 N–H and O–H groups in total. The lowest BCUT2D eigenvalue weighted by Gasteiger charge is -2.24. The number of aliphatic imine (C=N–C) groups is 1. The van der Waals surface area contributed by atoms with Gasteiger partial charge >= 0.3 is 6.09 Å². The van der Waals surface area contributed by atoms with Crippen molar-refractivity contribution in [3.05, 3.63) is 35.9 Å². The van der Waals surface area contributed by atoms with Crippen LogP contribution in [0.5, 0.6) is 0 Å². The van der Waals surface area contributed by atoms with Gasteiger partial charge in [0.15, 0.2) is 5.96 Å². The normalized spacial score (nSPS) is 15.8. The van der Waals surface area contributed by atoms with E-state index in [-0.39, 0.29) is 30.0 Å². The molecule has 1 fully saturated rings. The zero-order valence-corrected chi connectivity index (χ0v) is 17.7. The van der Waals surface area contributed by atoms with Gasteiger partial charge in [0.25, 0.3) is 0 Å². The number of hydrogen-bond acceptors (Lipinski definition) is 3. The number of halogens is 1. The molecule has 0 spiro atoms. The molecule has 0 heterocycles. The van der Waals surface area contributed by atoms with E-state index in [2.05, 4.69) is 10.3 Å². The van der Waals surface area contributed by atoms with Crippen LogP contribution >= 0.6 is 24.0 Å². The van der Waals surface area contributed by atoms with Crippen molar-refractivity contribution in [2.75, 3.05) is 13.6 Å². The average molecular weight is 460 g/mol. The zero-order chi connectivity index (χ0) is 17.7. The molecule has 1 aromatic rings. The Morgan fingerprint density at radius 2 is 1.96 bits per heavy atom. The van der Waals surface area contributed by atoms with Crippen LogP contribution in [-0.4, -0.2) is 42.2 Å². The first-order valence-electron chi connectivity index (χ1n) is 8.33. The Morgan fingerprint density at radius 1 is 1.36 bits per heavy atom. The molecule has 0 radical (unpaired) electrons. The van der Waals surface area contributed by atoms with Crippen molar-refractivity contribution >= 4 is 36.0 Å². The third kappa shape index (κ3) is 7.50. The summed E-state index contributed by atoms with van der Waals surface area (Å²) < 4.78 is 5.35. The van der Waals surface area contributed by atoms with E-state index in [9.17, 15) is 4.79 Å². The van der Waals surface area contributed by atoms with Crippen LogP contribution in [0.1, 0.15) is 45.2 Å². The standard InChI is InChI=1S/C18H28N4O2.HI/c1-18(2,3)24-17(23)21-15(13-8-6-5-7-9-13)12-20-16(19)22(4)14-10-11-14;/h5-9,14-15H,10-12H2,1-4H3,(H2,19,20)(H,21,23);1H. The predicted octanol–water partition coefficient (Wildman–Crippen LogP) is 3.28. The van der Waals surface area contributed by atoms with E-state index in [1.54, 1.807) is 0 Å². The number of guanidine groups is 1. The monoisotopic (exact) mass is 460 g/mol. The van der Waals surface area contributed by atoms with Gasteiger partial charge < -0.3 is 20.7 Å². The topological polar surface area (TPSA) is 80.0 Å². The second-order valence-corrected chi connectivity index (χ2v) is 7.15. The molecule has 6 nitrogen and oxygen atoms in total. The fourth-order valence-corrected chi connectivity index (χ4v) is 2.31. The number of benzene rings is 1. The predicted molar refractivity (Wildman–Crippen MR) is 111 cm³/mol. The van der Waals surface area contributed by atoms with Crippen molar-refractivity contribution in [3.8, 4) is 0 Å². The molecule has 25 heavy (non-hydrogen) atoms. The van der Waals surface area contributed by atoms with E-state index in [0.29, 0.717) is 18.5 Å². The number of alkyl carbamates (subject to hydrolysis) is 1. The Bertz CT molecular complexity index is 582. The number of rotatable bonds is 5. The molecule has 0 aliphatic heterocycles. The van der Waals surface area contributed by atoms with Crippen molar-refractivity contribution in [1.82, 2.24) is 10.2 Å². The van der Waals surface area contributed by atoms with Crippen LogP contribution in [0.4, 0.5) is 4.79 Å². The van der Waals surface area contributed by atoms with E-state index >= 15 is 0 Å². The smallest absolute Gasteiger partial charge is 0.408 e. The lowest BCUT2D eigenvalue weighted by molar-refractivity contribution is 0.0505. The molecular weight excluding hydrogens is 431 g/mol. The number of hydrogen-bond donors (Lipinski definition) is 2. The van der Waals surface area contributed by atoms with Gasteiger partial charge in [-0.05, 0) is 39.2 Å². The number of nitrogens with one attached hydrogen (secondary N) is 1. The van der Waals surface area contributed by atoms with Gasteiger partial charge in [-0.2, -0.15) is 0 Å². The first kappa shape index (κ1) is 21.5. The maximum Gasteiger partial charge on any atom is 0.408 e. The number of nitrogens with two attached hydrogens (primary N) is 1. The number of carbonyl (C=O) groups is 1. The number of carbonyl (C=O) groups excluding carboxylic acids is 1. The molecule has 0 saturated heterocycles. The summed E-state index contributed by atoms with van der Waals surface area (Å²) in [5, 5.41) is 2.89. The van der Waals surface area contributed by atoms with Crippen LogP contribution in [0.3, 0.4) is 0 Å². The Morgan fingerprint density at radius 3 is 2.48 bits per heavy atom. The van der Waals surface area contributed by atoms with Gasteiger partial charge in [0.1, 0.15) is 5.60 Å². The van der Waals surface area contributed by atoms with Gasteiger partial charge in [0.2, 0.25) is 0 Å². The minimum absolute atomic E-state index is 0. The minimum atomic E-state index is -0.542. The van der Waals surface area contributed by atoms with Crippen molar-refractivity contribution < 1.29 is 9.53 Å². The lowest BCUT2D eigenvalue weighted by atomic mass is 10.1. The quantitative estimate of drug-likeness (QED) is 0.402. The maximum atomic E-state index is 12.1. The molecule has 1 atom stereocenters. The average Bonchev–Trinajstić information content (AvgIpc) is 3.34. The summed E-state index contributed by atoms with van der Waals surface area (Å²) >= 11 is 0. The van der Waals surface area contributed by atoms with Crippen LogP contribution in [0.25, 0.3) is 0 Å². The van der Waals surface area contributed by atoms with Crippen molar-refractivity contribution in [2.24, 2.45) is 10.7 Å². The lowest BCUT2D eigenvalue weighted by Crippen LogP contribution is -2.38. The highest BCUT2D eigenvalue weighted by Crippen LogP contribution is 2.25. The van der Waals surface area contributed by atoms with Gasteiger partial charge in [0, 0.05) is 13.1 Å². The van der Waals surface area contributed by atoms with Gasteiger partial charge in [0.05, 0.1) is 12.6 Å². The fourth-order valence-electron chi connectivity index (χ4n) is 2.31. The molecule has 0 bridgehead atoms. The molecule has 1 saturated carbocycles. The summed E-state index contributed by atoms with van der Waals surface area (Å²) in [4.78, 5) is 18.6. The molecule has 1 aliphatic rings. The van der Waals surface area contributed by atoms with Crippen LogP contribution in [0, 0.1) is 0 Å². The first-order valence-corrected chi connectivity index (χ1v) is 8.33. The Hall–Kier alpha value is -1.51. The highest BCUT2D eigenvalue weighted by atomic mass is 127. The molecule has 1 amide bonds. The third-order valence-corrected chi connectivity index (χ3v) is 3.78. The molecule has 0 aromatic heterocycles. The number of ether oxygens (including phenoxy) is 1. The van der Waals surface area contributed by atoms with E-state index in [0.717, 1.165) is 18.4 Å². The minimum Gasteiger partial charge on any atom is -0.444 e. The van der Waals surface area contributed by atoms with Crippen LogP contribution in [0.2, 0.25) is 0 Å². The van der Waals surface area contributed by atoms with Crippen molar-refractivity contribution in [2.45, 2.75) is 51.3 Å². The molecule has 140 valence electrons. The van der Waals surface area contributed by atoms with Gasteiger partial charge in [-0.15, -0.1) is 24.0 Å². The summed E-state index contributed by atoms with van der Waals surface area (Å²) in [7, 11) is 1.95. The van der Waals surface area contributed by atoms with Gasteiger partial charge in [-0.25, -0.2) is 4.79 Å². The largest absolute Gasteiger partial charge is 0.444 e. The van der Waals surface area contributed by atoms with Crippen LogP contribution in [0.15, 0.2) is 35.3 Å². The second kappa shape index (κ2) is 9.26. The highest BCUT2D eigenvalue weighted by molar-refractivity contribution is 14.0. The first-order chi connectivity index (χ1) is 11.3. The van der Waals surface area contributed by atoms with E-state index in [1.807, 2.05) is 63.1 Å². The highest BCUT2D eigenvalue weighted by Gasteiger charge is 2.27. The van der Waals surface area contributed by atoms with E-state index in [4.69, 9.17) is 10.5 Å². The van der Waals surface area contributed by atoms with Gasteiger partial charge in [-0.1, -0.05) is 30.3 Å². The summed E-state index contributed by atoms with van der Waals surface area (Å²) in [5.41, 5.74) is 6.47. The molecule has 2 rings (SSSR count). The maximum absolute atomic E-state index is 12.1. The van der Waals surface area contributed by atoms with Gasteiger partial charge in [-0.3, -0.25) is 4.99 Å². The Balaban J connectivity index is 0.00000312. The molecule has 1 aromatic carbocycles. The molecule has 7 heteroatoms. The summed E-state index contributed by atoms with van der Waals surface area (Å²) in [6.07, 6.45) is 1.86. The fraction of sp³-hybridized carbons (Fsp3) is 0.556. The van der Waals surface area contributed by atoms with Crippen LogP contribution < -0.4 is 11.1 Å². The summed E-state index contributed by atoms with van der Waals surface area (Å²) in [6.45, 7) is 5.88. The number of nitrogens with zero attached hydrogens (tertiary/aromatic N) is 2. The summed E-state index contributed by atoms with van der Waals surface area (Å²) in [6, 6.07) is 9.93.